The number of ether oxygens (including phenoxy) is 3. The summed E-state index contributed by atoms with van der Waals surface area (Å²) in [5.74, 6) is -0.530. The van der Waals surface area contributed by atoms with E-state index >= 15 is 0 Å². The zero-order valence-corrected chi connectivity index (χ0v) is 16.2. The first-order valence-electron chi connectivity index (χ1n) is 8.89. The molecule has 0 atom stereocenters. The Bertz CT molecular complexity index is 1000. The molecular formula is C21H19N3O6. The van der Waals surface area contributed by atoms with Crippen LogP contribution in [0.4, 0.5) is 0 Å². The molecule has 0 amide bonds. The van der Waals surface area contributed by atoms with Crippen molar-refractivity contribution < 1.29 is 28.2 Å². The average Bonchev–Trinajstić information content (AvgIpc) is 3.40. The summed E-state index contributed by atoms with van der Waals surface area (Å²) in [5, 5.41) is 18.1. The molecule has 0 fully saturated rings. The highest BCUT2D eigenvalue weighted by molar-refractivity contribution is 5.98. The van der Waals surface area contributed by atoms with Crippen LogP contribution in [-0.4, -0.2) is 43.4 Å². The molecule has 0 unspecified atom stereocenters. The van der Waals surface area contributed by atoms with Gasteiger partial charge in [-0.1, -0.05) is 0 Å². The molecule has 0 saturated heterocycles. The van der Waals surface area contributed by atoms with E-state index in [4.69, 9.17) is 29.2 Å². The normalized spacial score (nSPS) is 11.4. The molecule has 154 valence electrons. The molecule has 1 N–H and O–H groups in total. The number of furan rings is 1. The van der Waals surface area contributed by atoms with Crippen molar-refractivity contribution in [1.29, 1.82) is 10.5 Å². The molecule has 2 aromatic rings. The number of aryl methyl sites for hydroxylation is 1. The standard InChI is InChI=1S/C21H19N3O6/c1-15-4-5-19(30-15)12-17(14-23)21(26)29-10-8-27-7-9-28-20(25)16(13-22)11-18-3-2-6-24-18/h2-6,11-12,24H,7-10H2,1H3/b16-11+,17-12+. The third kappa shape index (κ3) is 7.15. The average molecular weight is 409 g/mol. The lowest BCUT2D eigenvalue weighted by molar-refractivity contribution is -0.141. The number of rotatable bonds is 10. The van der Waals surface area contributed by atoms with Gasteiger partial charge in [0.2, 0.25) is 0 Å². The minimum atomic E-state index is -0.797. The summed E-state index contributed by atoms with van der Waals surface area (Å²) in [4.78, 5) is 26.6. The number of carbonyl (C=O) groups is 2. The van der Waals surface area contributed by atoms with Gasteiger partial charge in [0.25, 0.3) is 0 Å². The van der Waals surface area contributed by atoms with Crippen LogP contribution >= 0.6 is 0 Å². The maximum absolute atomic E-state index is 11.9. The van der Waals surface area contributed by atoms with Gasteiger partial charge in [0.05, 0.1) is 13.2 Å². The lowest BCUT2D eigenvalue weighted by Crippen LogP contribution is -2.15. The molecule has 0 radical (unpaired) electrons. The number of nitrogens with zero attached hydrogens (tertiary/aromatic N) is 2. The van der Waals surface area contributed by atoms with E-state index in [0.717, 1.165) is 0 Å². The summed E-state index contributed by atoms with van der Waals surface area (Å²) in [6.07, 6.45) is 4.34. The van der Waals surface area contributed by atoms with E-state index in [2.05, 4.69) is 4.98 Å². The summed E-state index contributed by atoms with van der Waals surface area (Å²) in [6, 6.07) is 10.3. The summed E-state index contributed by atoms with van der Waals surface area (Å²) in [7, 11) is 0. The smallest absolute Gasteiger partial charge is 0.349 e. The highest BCUT2D eigenvalue weighted by Gasteiger charge is 2.12. The Morgan fingerprint density at radius 3 is 2.13 bits per heavy atom. The van der Waals surface area contributed by atoms with E-state index in [1.807, 2.05) is 0 Å². The molecule has 30 heavy (non-hydrogen) atoms. The molecule has 0 aliphatic carbocycles. The second kappa shape index (κ2) is 11.7. The van der Waals surface area contributed by atoms with Gasteiger partial charge in [-0.3, -0.25) is 0 Å². The van der Waals surface area contributed by atoms with Gasteiger partial charge in [0.15, 0.2) is 0 Å². The molecule has 2 heterocycles. The van der Waals surface area contributed by atoms with Gasteiger partial charge in [0, 0.05) is 18.0 Å². The number of nitriles is 2. The van der Waals surface area contributed by atoms with E-state index in [1.54, 1.807) is 49.5 Å². The van der Waals surface area contributed by atoms with Crippen molar-refractivity contribution >= 4 is 24.1 Å². The summed E-state index contributed by atoms with van der Waals surface area (Å²) >= 11 is 0. The second-order valence-electron chi connectivity index (χ2n) is 5.80. The molecule has 9 nitrogen and oxygen atoms in total. The first-order valence-corrected chi connectivity index (χ1v) is 8.89. The first-order chi connectivity index (χ1) is 14.5. The number of hydrogen-bond acceptors (Lipinski definition) is 8. The Morgan fingerprint density at radius 1 is 1.00 bits per heavy atom. The van der Waals surface area contributed by atoms with Crippen molar-refractivity contribution in [3.05, 3.63) is 58.8 Å². The van der Waals surface area contributed by atoms with Gasteiger partial charge in [-0.15, -0.1) is 0 Å². The highest BCUT2D eigenvalue weighted by atomic mass is 16.6. The molecule has 9 heteroatoms. The maximum atomic E-state index is 11.9. The van der Waals surface area contributed by atoms with E-state index < -0.39 is 11.9 Å². The lowest BCUT2D eigenvalue weighted by Gasteiger charge is -2.06. The van der Waals surface area contributed by atoms with Crippen LogP contribution in [0.1, 0.15) is 17.2 Å². The van der Waals surface area contributed by atoms with Gasteiger partial charge >= 0.3 is 11.9 Å². The van der Waals surface area contributed by atoms with Crippen molar-refractivity contribution in [2.45, 2.75) is 6.92 Å². The number of esters is 2. The molecule has 2 rings (SSSR count). The Morgan fingerprint density at radius 2 is 1.63 bits per heavy atom. The highest BCUT2D eigenvalue weighted by Crippen LogP contribution is 2.11. The quantitative estimate of drug-likeness (QED) is 0.273. The minimum absolute atomic E-state index is 0.0469. The van der Waals surface area contributed by atoms with Gasteiger partial charge in [0.1, 0.15) is 48.0 Å². The van der Waals surface area contributed by atoms with Crippen LogP contribution in [0.25, 0.3) is 12.2 Å². The number of nitrogens with one attached hydrogen (secondary N) is 1. The molecule has 0 bridgehead atoms. The van der Waals surface area contributed by atoms with Crippen LogP contribution in [0.2, 0.25) is 0 Å². The number of aromatic amines is 1. The molecule has 2 aromatic heterocycles. The van der Waals surface area contributed by atoms with Crippen LogP contribution in [0.5, 0.6) is 0 Å². The van der Waals surface area contributed by atoms with Gasteiger partial charge in [-0.05, 0) is 37.3 Å². The van der Waals surface area contributed by atoms with Crippen molar-refractivity contribution in [2.24, 2.45) is 0 Å². The first kappa shape index (κ1) is 22.2. The fourth-order valence-electron chi connectivity index (χ4n) is 2.18. The lowest BCUT2D eigenvalue weighted by atomic mass is 10.2. The predicted octanol–water partition coefficient (Wildman–Crippen LogP) is 2.53. The molecular weight excluding hydrogens is 390 g/mol. The van der Waals surface area contributed by atoms with E-state index in [0.29, 0.717) is 17.2 Å². The summed E-state index contributed by atoms with van der Waals surface area (Å²) < 4.78 is 20.4. The SMILES string of the molecule is Cc1ccc(/C=C(\C#N)C(=O)OCCOCCOC(=O)/C(C#N)=C/c2ccc[nH]2)o1. The van der Waals surface area contributed by atoms with Crippen LogP contribution in [0.3, 0.4) is 0 Å². The minimum Gasteiger partial charge on any atom is -0.462 e. The third-order valence-electron chi connectivity index (χ3n) is 3.57. The predicted molar refractivity (Wildman–Crippen MR) is 104 cm³/mol. The summed E-state index contributed by atoms with van der Waals surface area (Å²) in [5.41, 5.74) is 0.264. The Kier molecular flexibility index (Phi) is 8.66. The van der Waals surface area contributed by atoms with Crippen LogP contribution in [-0.2, 0) is 23.8 Å². The Balaban J connectivity index is 1.65. The fraction of sp³-hybridized carbons (Fsp3) is 0.238. The molecule has 0 aromatic carbocycles. The van der Waals surface area contributed by atoms with Crippen molar-refractivity contribution in [2.75, 3.05) is 26.4 Å². The van der Waals surface area contributed by atoms with Gasteiger partial charge in [-0.2, -0.15) is 10.5 Å². The Hall–Kier alpha value is -4.08. The molecule has 0 aliphatic heterocycles. The van der Waals surface area contributed by atoms with Gasteiger partial charge < -0.3 is 23.6 Å². The van der Waals surface area contributed by atoms with E-state index in [9.17, 15) is 9.59 Å². The van der Waals surface area contributed by atoms with Gasteiger partial charge in [-0.25, -0.2) is 9.59 Å². The van der Waals surface area contributed by atoms with Crippen LogP contribution in [0.15, 0.2) is 46.0 Å². The van der Waals surface area contributed by atoms with Crippen molar-refractivity contribution in [3.8, 4) is 12.1 Å². The van der Waals surface area contributed by atoms with Crippen LogP contribution < -0.4 is 0 Å². The molecule has 0 aliphatic rings. The van der Waals surface area contributed by atoms with Crippen molar-refractivity contribution in [1.82, 2.24) is 4.98 Å². The largest absolute Gasteiger partial charge is 0.462 e. The fourth-order valence-corrected chi connectivity index (χ4v) is 2.18. The monoisotopic (exact) mass is 409 g/mol. The number of aromatic nitrogens is 1. The number of hydrogen-bond donors (Lipinski definition) is 1. The Labute approximate surface area is 172 Å². The second-order valence-corrected chi connectivity index (χ2v) is 5.80. The molecule has 0 saturated carbocycles. The summed E-state index contributed by atoms with van der Waals surface area (Å²) in [6.45, 7) is 1.69. The topological polar surface area (TPSA) is 138 Å². The number of H-pyrrole nitrogens is 1. The zero-order valence-electron chi connectivity index (χ0n) is 16.2. The third-order valence-corrected chi connectivity index (χ3v) is 3.57. The molecule has 0 spiro atoms. The van der Waals surface area contributed by atoms with Crippen molar-refractivity contribution in [3.63, 3.8) is 0 Å². The van der Waals surface area contributed by atoms with Crippen LogP contribution in [0, 0.1) is 29.6 Å². The maximum Gasteiger partial charge on any atom is 0.349 e. The van der Waals surface area contributed by atoms with E-state index in [-0.39, 0.29) is 37.6 Å². The number of carbonyl (C=O) groups excluding carboxylic acids is 2. The van der Waals surface area contributed by atoms with E-state index in [1.165, 1.54) is 12.2 Å². The zero-order chi connectivity index (χ0) is 21.8.